The molecular formula is C14H22N2O2. The second-order valence-electron chi connectivity index (χ2n) is 5.52. The largest absolute Gasteiger partial charge is 0.482 e. The van der Waals surface area contributed by atoms with Crippen molar-refractivity contribution in [2.75, 3.05) is 0 Å². The van der Waals surface area contributed by atoms with E-state index in [0.29, 0.717) is 0 Å². The minimum Gasteiger partial charge on any atom is -0.482 e. The Hall–Kier alpha value is -1.71. The van der Waals surface area contributed by atoms with Gasteiger partial charge in [-0.1, -0.05) is 38.1 Å². The van der Waals surface area contributed by atoms with Gasteiger partial charge in [0, 0.05) is 0 Å². The van der Waals surface area contributed by atoms with E-state index >= 15 is 0 Å². The molecule has 1 unspecified atom stereocenters. The van der Waals surface area contributed by atoms with Crippen LogP contribution < -0.4 is 10.5 Å². The van der Waals surface area contributed by atoms with Crippen LogP contribution in [0.15, 0.2) is 23.4 Å². The van der Waals surface area contributed by atoms with Gasteiger partial charge < -0.3 is 15.7 Å². The molecule has 1 aromatic rings. The van der Waals surface area contributed by atoms with E-state index in [1.54, 1.807) is 6.92 Å². The van der Waals surface area contributed by atoms with Crippen LogP contribution in [0.1, 0.15) is 38.8 Å². The zero-order chi connectivity index (χ0) is 13.9. The Balaban J connectivity index is 2.94. The molecule has 100 valence electrons. The molecule has 0 aliphatic carbocycles. The summed E-state index contributed by atoms with van der Waals surface area (Å²) in [5.41, 5.74) is 7.90. The van der Waals surface area contributed by atoms with Crippen LogP contribution in [0.3, 0.4) is 0 Å². The SMILES string of the molecule is Cc1cc(C(C)(C)C)ccc1OC(C)C(N)=NO. The average Bonchev–Trinajstić information content (AvgIpc) is 2.29. The summed E-state index contributed by atoms with van der Waals surface area (Å²) >= 11 is 0. The standard InChI is InChI=1S/C14H22N2O2/c1-9-8-11(14(3,4)5)6-7-12(9)18-10(2)13(15)16-17/h6-8,10,17H,1-5H3,(H2,15,16). The zero-order valence-electron chi connectivity index (χ0n) is 11.7. The second-order valence-corrected chi connectivity index (χ2v) is 5.52. The maximum Gasteiger partial charge on any atom is 0.180 e. The number of aryl methyl sites for hydroxylation is 1. The number of nitrogens with zero attached hydrogens (tertiary/aromatic N) is 1. The molecule has 1 rings (SSSR count). The Bertz CT molecular complexity index is 448. The van der Waals surface area contributed by atoms with Crippen LogP contribution in [0.2, 0.25) is 0 Å². The minimum atomic E-state index is -0.450. The fraction of sp³-hybridized carbons (Fsp3) is 0.500. The lowest BCUT2D eigenvalue weighted by Gasteiger charge is -2.21. The topological polar surface area (TPSA) is 67.8 Å². The summed E-state index contributed by atoms with van der Waals surface area (Å²) in [6, 6.07) is 6.08. The van der Waals surface area contributed by atoms with Crippen molar-refractivity contribution in [3.63, 3.8) is 0 Å². The van der Waals surface area contributed by atoms with Gasteiger partial charge in [0.25, 0.3) is 0 Å². The number of rotatable bonds is 3. The molecule has 0 saturated carbocycles. The molecule has 0 radical (unpaired) electrons. The van der Waals surface area contributed by atoms with Gasteiger partial charge in [-0.15, -0.1) is 0 Å². The third kappa shape index (κ3) is 3.39. The van der Waals surface area contributed by atoms with Gasteiger partial charge in [-0.2, -0.15) is 0 Å². The van der Waals surface area contributed by atoms with Gasteiger partial charge in [0.2, 0.25) is 0 Å². The molecule has 4 heteroatoms. The Labute approximate surface area is 108 Å². The minimum absolute atomic E-state index is 0.0642. The zero-order valence-corrected chi connectivity index (χ0v) is 11.7. The number of amidine groups is 1. The molecule has 0 amide bonds. The molecule has 0 heterocycles. The Morgan fingerprint density at radius 2 is 2.00 bits per heavy atom. The lowest BCUT2D eigenvalue weighted by atomic mass is 9.86. The molecule has 1 aromatic carbocycles. The number of hydrogen-bond donors (Lipinski definition) is 2. The Kier molecular flexibility index (Phi) is 4.22. The summed E-state index contributed by atoms with van der Waals surface area (Å²) in [4.78, 5) is 0. The third-order valence-corrected chi connectivity index (χ3v) is 2.88. The van der Waals surface area contributed by atoms with Gasteiger partial charge >= 0.3 is 0 Å². The molecule has 1 atom stereocenters. The van der Waals surface area contributed by atoms with E-state index in [1.807, 2.05) is 19.1 Å². The van der Waals surface area contributed by atoms with Crippen molar-refractivity contribution in [1.29, 1.82) is 0 Å². The molecule has 0 bridgehead atoms. The summed E-state index contributed by atoms with van der Waals surface area (Å²) in [5.74, 6) is 0.816. The van der Waals surface area contributed by atoms with Gasteiger partial charge in [0.1, 0.15) is 5.75 Å². The van der Waals surface area contributed by atoms with Crippen LogP contribution in [0, 0.1) is 6.92 Å². The molecule has 0 aliphatic heterocycles. The number of oxime groups is 1. The van der Waals surface area contributed by atoms with E-state index in [-0.39, 0.29) is 11.3 Å². The van der Waals surface area contributed by atoms with Crippen molar-refractivity contribution in [3.8, 4) is 5.75 Å². The van der Waals surface area contributed by atoms with Crippen LogP contribution in [0.4, 0.5) is 0 Å². The van der Waals surface area contributed by atoms with Crippen molar-refractivity contribution in [2.45, 2.75) is 46.1 Å². The third-order valence-electron chi connectivity index (χ3n) is 2.88. The molecular weight excluding hydrogens is 228 g/mol. The first-order valence-electron chi connectivity index (χ1n) is 6.01. The van der Waals surface area contributed by atoms with E-state index in [1.165, 1.54) is 5.56 Å². The Morgan fingerprint density at radius 3 is 2.44 bits per heavy atom. The van der Waals surface area contributed by atoms with E-state index in [2.05, 4.69) is 32.0 Å². The van der Waals surface area contributed by atoms with Crippen molar-refractivity contribution in [1.82, 2.24) is 0 Å². The average molecular weight is 250 g/mol. The monoisotopic (exact) mass is 250 g/mol. The predicted octanol–water partition coefficient (Wildman–Crippen LogP) is 2.81. The van der Waals surface area contributed by atoms with Crippen molar-refractivity contribution in [2.24, 2.45) is 10.9 Å². The van der Waals surface area contributed by atoms with E-state index in [9.17, 15) is 0 Å². The van der Waals surface area contributed by atoms with Gasteiger partial charge in [-0.25, -0.2) is 0 Å². The van der Waals surface area contributed by atoms with Crippen LogP contribution in [-0.4, -0.2) is 17.1 Å². The lowest BCUT2D eigenvalue weighted by Crippen LogP contribution is -2.31. The second kappa shape index (κ2) is 5.29. The summed E-state index contributed by atoms with van der Waals surface area (Å²) in [5, 5.41) is 11.5. The fourth-order valence-electron chi connectivity index (χ4n) is 1.58. The smallest absolute Gasteiger partial charge is 0.180 e. The first-order chi connectivity index (χ1) is 8.25. The summed E-state index contributed by atoms with van der Waals surface area (Å²) in [6.45, 7) is 10.2. The highest BCUT2D eigenvalue weighted by Gasteiger charge is 2.16. The highest BCUT2D eigenvalue weighted by Crippen LogP contribution is 2.27. The first-order valence-corrected chi connectivity index (χ1v) is 6.01. The summed E-state index contributed by atoms with van der Waals surface area (Å²) in [6.07, 6.45) is -0.450. The van der Waals surface area contributed by atoms with Crippen LogP contribution in [0.5, 0.6) is 5.75 Å². The van der Waals surface area contributed by atoms with Crippen molar-refractivity contribution in [3.05, 3.63) is 29.3 Å². The molecule has 0 saturated heterocycles. The molecule has 4 nitrogen and oxygen atoms in total. The van der Waals surface area contributed by atoms with E-state index in [4.69, 9.17) is 15.7 Å². The van der Waals surface area contributed by atoms with Gasteiger partial charge in [0.05, 0.1) is 0 Å². The van der Waals surface area contributed by atoms with Crippen LogP contribution in [-0.2, 0) is 5.41 Å². The molecule has 0 fully saturated rings. The maximum atomic E-state index is 8.59. The van der Waals surface area contributed by atoms with Crippen molar-refractivity contribution >= 4 is 5.84 Å². The number of benzene rings is 1. The highest BCUT2D eigenvalue weighted by molar-refractivity contribution is 5.84. The molecule has 0 aliphatic rings. The molecule has 3 N–H and O–H groups in total. The highest BCUT2D eigenvalue weighted by atomic mass is 16.5. The predicted molar refractivity (Wildman–Crippen MR) is 73.4 cm³/mol. The summed E-state index contributed by atoms with van der Waals surface area (Å²) < 4.78 is 5.65. The van der Waals surface area contributed by atoms with Crippen LogP contribution in [0.25, 0.3) is 0 Å². The Morgan fingerprint density at radius 1 is 1.39 bits per heavy atom. The maximum absolute atomic E-state index is 8.59. The number of hydrogen-bond acceptors (Lipinski definition) is 3. The molecule has 0 spiro atoms. The van der Waals surface area contributed by atoms with Gasteiger partial charge in [-0.05, 0) is 36.5 Å². The van der Waals surface area contributed by atoms with Gasteiger partial charge in [-0.3, -0.25) is 0 Å². The molecule has 18 heavy (non-hydrogen) atoms. The normalized spacial score (nSPS) is 14.4. The number of nitrogens with two attached hydrogens (primary N) is 1. The van der Waals surface area contributed by atoms with E-state index < -0.39 is 6.10 Å². The first kappa shape index (κ1) is 14.4. The number of ether oxygens (including phenoxy) is 1. The fourth-order valence-corrected chi connectivity index (χ4v) is 1.58. The van der Waals surface area contributed by atoms with Crippen molar-refractivity contribution < 1.29 is 9.94 Å². The lowest BCUT2D eigenvalue weighted by molar-refractivity contribution is 0.264. The quantitative estimate of drug-likeness (QED) is 0.375. The van der Waals surface area contributed by atoms with Gasteiger partial charge in [0.15, 0.2) is 11.9 Å². The van der Waals surface area contributed by atoms with E-state index in [0.717, 1.165) is 11.3 Å². The summed E-state index contributed by atoms with van der Waals surface area (Å²) in [7, 11) is 0. The van der Waals surface area contributed by atoms with Crippen LogP contribution >= 0.6 is 0 Å². The molecule has 0 aromatic heterocycles.